The van der Waals surface area contributed by atoms with Crippen LogP contribution in [-0.4, -0.2) is 34.5 Å². The van der Waals surface area contributed by atoms with Crippen molar-refractivity contribution in [2.45, 2.75) is 26.1 Å². The fourth-order valence-corrected chi connectivity index (χ4v) is 3.87. The average molecular weight is 398 g/mol. The lowest BCUT2D eigenvalue weighted by Crippen LogP contribution is -3.09. The van der Waals surface area contributed by atoms with Crippen LogP contribution >= 0.6 is 12.2 Å². The number of para-hydroxylation sites is 1. The summed E-state index contributed by atoms with van der Waals surface area (Å²) in [5, 5.41) is 4.80. The van der Waals surface area contributed by atoms with E-state index in [1.165, 1.54) is 30.8 Å². The van der Waals surface area contributed by atoms with Crippen molar-refractivity contribution >= 4 is 12.2 Å². The molecule has 7 heteroatoms. The molecular weight excluding hydrogens is 372 g/mol. The number of benzene rings is 2. The zero-order valence-electron chi connectivity index (χ0n) is 16.0. The fraction of sp³-hybridized carbons (Fsp3) is 0.333. The third-order valence-corrected chi connectivity index (χ3v) is 5.43. The first-order valence-electron chi connectivity index (χ1n) is 9.59. The SMILES string of the molecule is COc1ccc(OCc2nn(C[NH+]3CCCC3)c(=S)n2-c2ccccc2)cc1. The standard InChI is InChI=1S/C21H24N4O2S/c1-26-18-9-11-19(12-10-18)27-15-20-22-24(16-23-13-5-6-14-23)21(28)25(20)17-7-3-2-4-8-17/h2-4,7-12H,5-6,13-16H2,1H3/p+1. The molecule has 0 bridgehead atoms. The molecule has 28 heavy (non-hydrogen) atoms. The Balaban J connectivity index is 1.61. The second-order valence-electron chi connectivity index (χ2n) is 6.95. The van der Waals surface area contributed by atoms with Crippen molar-refractivity contribution in [3.8, 4) is 17.2 Å². The molecule has 0 aliphatic carbocycles. The first-order valence-corrected chi connectivity index (χ1v) is 10.00. The van der Waals surface area contributed by atoms with Crippen LogP contribution in [0, 0.1) is 4.77 Å². The Kier molecular flexibility index (Phi) is 5.73. The van der Waals surface area contributed by atoms with Crippen LogP contribution < -0.4 is 14.4 Å². The van der Waals surface area contributed by atoms with E-state index in [-0.39, 0.29) is 0 Å². The minimum Gasteiger partial charge on any atom is -0.497 e. The van der Waals surface area contributed by atoms with Crippen molar-refractivity contribution in [3.63, 3.8) is 0 Å². The normalized spacial score (nSPS) is 14.3. The Morgan fingerprint density at radius 1 is 1.00 bits per heavy atom. The summed E-state index contributed by atoms with van der Waals surface area (Å²) in [6.45, 7) is 3.50. The average Bonchev–Trinajstić information content (AvgIpc) is 3.36. The van der Waals surface area contributed by atoms with Gasteiger partial charge in [0.15, 0.2) is 12.5 Å². The van der Waals surface area contributed by atoms with Gasteiger partial charge in [-0.05, 0) is 48.6 Å². The predicted molar refractivity (Wildman–Crippen MR) is 110 cm³/mol. The molecule has 2 heterocycles. The summed E-state index contributed by atoms with van der Waals surface area (Å²) >= 11 is 5.77. The summed E-state index contributed by atoms with van der Waals surface area (Å²) in [6.07, 6.45) is 2.55. The lowest BCUT2D eigenvalue weighted by Gasteiger charge is -2.11. The number of hydrogen-bond acceptors (Lipinski definition) is 4. The summed E-state index contributed by atoms with van der Waals surface area (Å²) in [7, 11) is 1.65. The summed E-state index contributed by atoms with van der Waals surface area (Å²) in [5.41, 5.74) is 1.00. The van der Waals surface area contributed by atoms with Crippen molar-refractivity contribution < 1.29 is 14.4 Å². The summed E-state index contributed by atoms with van der Waals surface area (Å²) in [6, 6.07) is 17.7. The van der Waals surface area contributed by atoms with E-state index in [4.69, 9.17) is 26.8 Å². The zero-order valence-corrected chi connectivity index (χ0v) is 16.8. The number of nitrogens with one attached hydrogen (secondary N) is 1. The molecule has 2 aromatic carbocycles. The minimum absolute atomic E-state index is 0.340. The lowest BCUT2D eigenvalue weighted by atomic mass is 10.3. The first kappa shape index (κ1) is 18.7. The van der Waals surface area contributed by atoms with Gasteiger partial charge in [-0.15, -0.1) is 5.10 Å². The molecule has 0 spiro atoms. The van der Waals surface area contributed by atoms with Gasteiger partial charge in [0.1, 0.15) is 18.1 Å². The van der Waals surface area contributed by atoms with Gasteiger partial charge in [-0.1, -0.05) is 18.2 Å². The van der Waals surface area contributed by atoms with Crippen molar-refractivity contribution in [2.75, 3.05) is 20.2 Å². The van der Waals surface area contributed by atoms with E-state index in [9.17, 15) is 0 Å². The lowest BCUT2D eigenvalue weighted by molar-refractivity contribution is -0.911. The van der Waals surface area contributed by atoms with Crippen LogP contribution in [0.4, 0.5) is 0 Å². The number of nitrogens with zero attached hydrogens (tertiary/aromatic N) is 3. The molecule has 0 unspecified atom stereocenters. The molecule has 1 aliphatic heterocycles. The van der Waals surface area contributed by atoms with Gasteiger partial charge in [0.05, 0.1) is 20.2 Å². The number of rotatable bonds is 7. The van der Waals surface area contributed by atoms with Crippen LogP contribution in [0.25, 0.3) is 5.69 Å². The highest BCUT2D eigenvalue weighted by atomic mass is 32.1. The van der Waals surface area contributed by atoms with Crippen LogP contribution in [-0.2, 0) is 13.3 Å². The zero-order chi connectivity index (χ0) is 19.3. The molecule has 0 amide bonds. The third-order valence-electron chi connectivity index (χ3n) is 5.03. The van der Waals surface area contributed by atoms with Crippen LogP contribution in [0.1, 0.15) is 18.7 Å². The molecule has 6 nitrogen and oxygen atoms in total. The quantitative estimate of drug-likeness (QED) is 0.623. The van der Waals surface area contributed by atoms with E-state index in [1.807, 2.05) is 63.8 Å². The van der Waals surface area contributed by atoms with E-state index in [1.54, 1.807) is 7.11 Å². The van der Waals surface area contributed by atoms with Gasteiger partial charge in [0.2, 0.25) is 4.77 Å². The van der Waals surface area contributed by atoms with Gasteiger partial charge in [0, 0.05) is 18.5 Å². The van der Waals surface area contributed by atoms with E-state index >= 15 is 0 Å². The number of aromatic nitrogens is 3. The van der Waals surface area contributed by atoms with Crippen molar-refractivity contribution in [2.24, 2.45) is 0 Å². The van der Waals surface area contributed by atoms with Crippen molar-refractivity contribution in [3.05, 3.63) is 65.2 Å². The molecular formula is C21H25N4O2S+. The first-order chi connectivity index (χ1) is 13.7. The van der Waals surface area contributed by atoms with Gasteiger partial charge >= 0.3 is 0 Å². The molecule has 0 saturated carbocycles. The molecule has 4 rings (SSSR count). The highest BCUT2D eigenvalue weighted by molar-refractivity contribution is 7.71. The summed E-state index contributed by atoms with van der Waals surface area (Å²) < 4.78 is 15.8. The van der Waals surface area contributed by atoms with E-state index in [0.717, 1.165) is 29.7 Å². The van der Waals surface area contributed by atoms with Crippen LogP contribution in [0.3, 0.4) is 0 Å². The Labute approximate surface area is 169 Å². The molecule has 146 valence electrons. The maximum atomic E-state index is 5.99. The van der Waals surface area contributed by atoms with Gasteiger partial charge in [-0.25, -0.2) is 0 Å². The van der Waals surface area contributed by atoms with Gasteiger partial charge in [0.25, 0.3) is 0 Å². The molecule has 3 aromatic rings. The summed E-state index contributed by atoms with van der Waals surface area (Å²) in [5.74, 6) is 2.37. The largest absolute Gasteiger partial charge is 0.497 e. The van der Waals surface area contributed by atoms with Crippen LogP contribution in [0.15, 0.2) is 54.6 Å². The Hall–Kier alpha value is -2.64. The second kappa shape index (κ2) is 8.58. The van der Waals surface area contributed by atoms with Crippen LogP contribution in [0.2, 0.25) is 0 Å². The number of likely N-dealkylation sites (tertiary alicyclic amines) is 1. The number of methoxy groups -OCH3 is 1. The highest BCUT2D eigenvalue weighted by Crippen LogP contribution is 2.19. The topological polar surface area (TPSA) is 45.6 Å². The molecule has 1 aromatic heterocycles. The highest BCUT2D eigenvalue weighted by Gasteiger charge is 2.19. The monoisotopic (exact) mass is 397 g/mol. The predicted octanol–water partition coefficient (Wildman–Crippen LogP) is 2.63. The van der Waals surface area contributed by atoms with Gasteiger partial charge < -0.3 is 14.4 Å². The van der Waals surface area contributed by atoms with Crippen LogP contribution in [0.5, 0.6) is 11.5 Å². The Morgan fingerprint density at radius 3 is 2.36 bits per heavy atom. The Morgan fingerprint density at radius 2 is 1.68 bits per heavy atom. The maximum absolute atomic E-state index is 5.99. The van der Waals surface area contributed by atoms with Crippen molar-refractivity contribution in [1.29, 1.82) is 0 Å². The minimum atomic E-state index is 0.340. The van der Waals surface area contributed by atoms with Gasteiger partial charge in [-0.2, -0.15) is 4.68 Å². The Bertz CT molecular complexity index is 960. The molecule has 1 N–H and O–H groups in total. The van der Waals surface area contributed by atoms with E-state index in [0.29, 0.717) is 11.4 Å². The number of quaternary nitrogens is 1. The summed E-state index contributed by atoms with van der Waals surface area (Å²) in [4.78, 5) is 1.52. The number of hydrogen-bond donors (Lipinski definition) is 1. The second-order valence-corrected chi connectivity index (χ2v) is 7.31. The maximum Gasteiger partial charge on any atom is 0.207 e. The smallest absolute Gasteiger partial charge is 0.207 e. The molecule has 1 saturated heterocycles. The number of ether oxygens (including phenoxy) is 2. The molecule has 1 aliphatic rings. The molecule has 1 fully saturated rings. The van der Waals surface area contributed by atoms with Gasteiger partial charge in [-0.3, -0.25) is 4.57 Å². The van der Waals surface area contributed by atoms with E-state index < -0.39 is 0 Å². The molecule has 0 radical (unpaired) electrons. The fourth-order valence-electron chi connectivity index (χ4n) is 3.55. The third kappa shape index (κ3) is 4.10. The van der Waals surface area contributed by atoms with Crippen molar-refractivity contribution in [1.82, 2.24) is 14.3 Å². The van der Waals surface area contributed by atoms with E-state index in [2.05, 4.69) is 0 Å². The molecule has 0 atom stereocenters.